The molecule has 1 heterocycles. The van der Waals surface area contributed by atoms with Crippen LogP contribution < -0.4 is 5.32 Å². The summed E-state index contributed by atoms with van der Waals surface area (Å²) in [6, 6.07) is 8.59. The highest BCUT2D eigenvalue weighted by molar-refractivity contribution is 5.21. The topological polar surface area (TPSA) is 30.5 Å². The highest BCUT2D eigenvalue weighted by Crippen LogP contribution is 2.15. The second-order valence-corrected chi connectivity index (χ2v) is 4.94. The fourth-order valence-corrected chi connectivity index (χ4v) is 2.27. The van der Waals surface area contributed by atoms with E-state index < -0.39 is 0 Å². The minimum atomic E-state index is 0.690. The quantitative estimate of drug-likeness (QED) is 0.752. The molecule has 2 rings (SSSR count). The Hall–Kier alpha value is -0.900. The Labute approximate surface area is 109 Å². The first-order valence-electron chi connectivity index (χ1n) is 6.73. The Balaban J connectivity index is 1.63. The summed E-state index contributed by atoms with van der Waals surface area (Å²) in [6.45, 7) is 4.61. The van der Waals surface area contributed by atoms with Crippen molar-refractivity contribution in [1.82, 2.24) is 5.32 Å². The van der Waals surface area contributed by atoms with Gasteiger partial charge < -0.3 is 14.8 Å². The molecule has 0 aromatic heterocycles. The van der Waals surface area contributed by atoms with Crippen molar-refractivity contribution in [3.63, 3.8) is 0 Å². The third-order valence-corrected chi connectivity index (χ3v) is 3.42. The molecule has 1 aliphatic rings. The number of hydrogen-bond acceptors (Lipinski definition) is 3. The van der Waals surface area contributed by atoms with Gasteiger partial charge in [-0.1, -0.05) is 24.3 Å². The molecule has 0 aliphatic carbocycles. The fraction of sp³-hybridized carbons (Fsp3) is 0.600. The standard InChI is InChI=1S/C15H23NO2/c1-17-11-14-4-2-13(3-5-14)10-16-8-6-15-7-9-18-12-15/h2-5,15-16H,6-12H2,1H3. The van der Waals surface area contributed by atoms with E-state index in [-0.39, 0.29) is 0 Å². The van der Waals surface area contributed by atoms with Crippen LogP contribution in [0.5, 0.6) is 0 Å². The Kier molecular flexibility index (Phi) is 5.65. The van der Waals surface area contributed by atoms with Gasteiger partial charge in [0, 0.05) is 26.9 Å². The van der Waals surface area contributed by atoms with E-state index in [1.807, 2.05) is 0 Å². The maximum absolute atomic E-state index is 5.37. The average molecular weight is 249 g/mol. The van der Waals surface area contributed by atoms with E-state index in [0.717, 1.165) is 32.2 Å². The Morgan fingerprint density at radius 1 is 1.28 bits per heavy atom. The van der Waals surface area contributed by atoms with E-state index in [1.165, 1.54) is 24.0 Å². The van der Waals surface area contributed by atoms with Gasteiger partial charge >= 0.3 is 0 Å². The SMILES string of the molecule is COCc1ccc(CNCCC2CCOC2)cc1. The predicted octanol–water partition coefficient (Wildman–Crippen LogP) is 2.35. The van der Waals surface area contributed by atoms with Crippen LogP contribution in [0.2, 0.25) is 0 Å². The van der Waals surface area contributed by atoms with Crippen LogP contribution >= 0.6 is 0 Å². The number of ether oxygens (including phenoxy) is 2. The summed E-state index contributed by atoms with van der Waals surface area (Å²) >= 11 is 0. The molecule has 0 amide bonds. The molecule has 1 saturated heterocycles. The number of nitrogens with one attached hydrogen (secondary N) is 1. The van der Waals surface area contributed by atoms with Crippen LogP contribution in [0.3, 0.4) is 0 Å². The van der Waals surface area contributed by atoms with Crippen LogP contribution in [0.1, 0.15) is 24.0 Å². The van der Waals surface area contributed by atoms with Crippen LogP contribution in [-0.2, 0) is 22.6 Å². The Bertz CT molecular complexity index is 331. The molecular formula is C15H23NO2. The number of methoxy groups -OCH3 is 1. The van der Waals surface area contributed by atoms with E-state index >= 15 is 0 Å². The van der Waals surface area contributed by atoms with Gasteiger partial charge in [-0.25, -0.2) is 0 Å². The number of hydrogen-bond donors (Lipinski definition) is 1. The van der Waals surface area contributed by atoms with E-state index in [4.69, 9.17) is 9.47 Å². The van der Waals surface area contributed by atoms with Crippen LogP contribution in [0.25, 0.3) is 0 Å². The van der Waals surface area contributed by atoms with Gasteiger partial charge in [-0.3, -0.25) is 0 Å². The molecule has 3 heteroatoms. The molecule has 18 heavy (non-hydrogen) atoms. The molecule has 1 fully saturated rings. The zero-order valence-corrected chi connectivity index (χ0v) is 11.2. The van der Waals surface area contributed by atoms with Gasteiger partial charge in [-0.15, -0.1) is 0 Å². The first-order valence-corrected chi connectivity index (χ1v) is 6.73. The summed E-state index contributed by atoms with van der Waals surface area (Å²) in [4.78, 5) is 0. The minimum Gasteiger partial charge on any atom is -0.381 e. The van der Waals surface area contributed by atoms with Crippen LogP contribution in [0, 0.1) is 5.92 Å². The average Bonchev–Trinajstić information content (AvgIpc) is 2.90. The molecule has 1 atom stereocenters. The van der Waals surface area contributed by atoms with Crippen molar-refractivity contribution in [2.45, 2.75) is 26.0 Å². The highest BCUT2D eigenvalue weighted by Gasteiger charge is 2.14. The summed E-state index contributed by atoms with van der Waals surface area (Å²) in [5, 5.41) is 3.49. The van der Waals surface area contributed by atoms with Gasteiger partial charge in [0.05, 0.1) is 6.61 Å². The lowest BCUT2D eigenvalue weighted by Gasteiger charge is -2.09. The third kappa shape index (κ3) is 4.41. The van der Waals surface area contributed by atoms with Crippen molar-refractivity contribution < 1.29 is 9.47 Å². The molecule has 0 bridgehead atoms. The Morgan fingerprint density at radius 2 is 2.06 bits per heavy atom. The van der Waals surface area contributed by atoms with Crippen molar-refractivity contribution in [3.8, 4) is 0 Å². The van der Waals surface area contributed by atoms with Crippen molar-refractivity contribution in [2.75, 3.05) is 26.9 Å². The van der Waals surface area contributed by atoms with E-state index in [2.05, 4.69) is 29.6 Å². The molecule has 0 saturated carbocycles. The van der Waals surface area contributed by atoms with Gasteiger partial charge in [-0.2, -0.15) is 0 Å². The number of rotatable bonds is 7. The van der Waals surface area contributed by atoms with Crippen LogP contribution in [0.4, 0.5) is 0 Å². The molecule has 3 nitrogen and oxygen atoms in total. The summed E-state index contributed by atoms with van der Waals surface area (Å²) in [6.07, 6.45) is 2.45. The monoisotopic (exact) mass is 249 g/mol. The summed E-state index contributed by atoms with van der Waals surface area (Å²) in [5.41, 5.74) is 2.56. The van der Waals surface area contributed by atoms with Crippen LogP contribution in [0.15, 0.2) is 24.3 Å². The normalized spacial score (nSPS) is 19.3. The Morgan fingerprint density at radius 3 is 2.72 bits per heavy atom. The minimum absolute atomic E-state index is 0.690. The first-order chi connectivity index (χ1) is 8.88. The lowest BCUT2D eigenvalue weighted by molar-refractivity contribution is 0.184. The number of benzene rings is 1. The maximum Gasteiger partial charge on any atom is 0.0713 e. The van der Waals surface area contributed by atoms with E-state index in [0.29, 0.717) is 6.61 Å². The largest absolute Gasteiger partial charge is 0.381 e. The van der Waals surface area contributed by atoms with E-state index in [9.17, 15) is 0 Å². The van der Waals surface area contributed by atoms with E-state index in [1.54, 1.807) is 7.11 Å². The molecule has 1 unspecified atom stereocenters. The zero-order chi connectivity index (χ0) is 12.6. The molecule has 100 valence electrons. The van der Waals surface area contributed by atoms with Crippen molar-refractivity contribution >= 4 is 0 Å². The summed E-state index contributed by atoms with van der Waals surface area (Å²) in [7, 11) is 1.72. The molecule has 0 radical (unpaired) electrons. The molecule has 1 N–H and O–H groups in total. The second-order valence-electron chi connectivity index (χ2n) is 4.94. The molecule has 1 aliphatic heterocycles. The predicted molar refractivity (Wildman–Crippen MR) is 72.4 cm³/mol. The molecule has 1 aromatic rings. The lowest BCUT2D eigenvalue weighted by atomic mass is 10.1. The van der Waals surface area contributed by atoms with Crippen molar-refractivity contribution in [2.24, 2.45) is 5.92 Å². The van der Waals surface area contributed by atoms with Crippen molar-refractivity contribution in [1.29, 1.82) is 0 Å². The molecule has 0 spiro atoms. The second kappa shape index (κ2) is 7.52. The van der Waals surface area contributed by atoms with Gasteiger partial charge in [-0.05, 0) is 36.4 Å². The van der Waals surface area contributed by atoms with Gasteiger partial charge in [0.25, 0.3) is 0 Å². The maximum atomic E-state index is 5.37. The molecule has 1 aromatic carbocycles. The van der Waals surface area contributed by atoms with Crippen LogP contribution in [-0.4, -0.2) is 26.9 Å². The highest BCUT2D eigenvalue weighted by atomic mass is 16.5. The fourth-order valence-electron chi connectivity index (χ4n) is 2.27. The van der Waals surface area contributed by atoms with Crippen molar-refractivity contribution in [3.05, 3.63) is 35.4 Å². The summed E-state index contributed by atoms with van der Waals surface area (Å²) in [5.74, 6) is 0.765. The van der Waals surface area contributed by atoms with Gasteiger partial charge in [0.15, 0.2) is 0 Å². The lowest BCUT2D eigenvalue weighted by Crippen LogP contribution is -2.18. The van der Waals surface area contributed by atoms with Gasteiger partial charge in [0.1, 0.15) is 0 Å². The third-order valence-electron chi connectivity index (χ3n) is 3.42. The molecular weight excluding hydrogens is 226 g/mol. The first kappa shape index (κ1) is 13.5. The smallest absolute Gasteiger partial charge is 0.0713 e. The summed E-state index contributed by atoms with van der Waals surface area (Å²) < 4.78 is 10.5. The zero-order valence-electron chi connectivity index (χ0n) is 11.2. The van der Waals surface area contributed by atoms with Gasteiger partial charge in [0.2, 0.25) is 0 Å².